The molecule has 1 unspecified atom stereocenters. The van der Waals surface area contributed by atoms with Gasteiger partial charge in [-0.1, -0.05) is 45.0 Å². The van der Waals surface area contributed by atoms with Crippen molar-refractivity contribution in [3.63, 3.8) is 0 Å². The van der Waals surface area contributed by atoms with E-state index in [-0.39, 0.29) is 6.04 Å². The minimum absolute atomic E-state index is 0.187. The third-order valence-corrected chi connectivity index (χ3v) is 3.48. The second-order valence-electron chi connectivity index (χ2n) is 5.38. The van der Waals surface area contributed by atoms with Crippen LogP contribution in [0.25, 0.3) is 0 Å². The fraction of sp³-hybridized carbons (Fsp3) is 0.412. The van der Waals surface area contributed by atoms with E-state index in [9.17, 15) is 0 Å². The summed E-state index contributed by atoms with van der Waals surface area (Å²) in [7, 11) is 0. The van der Waals surface area contributed by atoms with E-state index < -0.39 is 0 Å². The maximum Gasteiger partial charge on any atom is 0.0593 e. The van der Waals surface area contributed by atoms with Crippen molar-refractivity contribution in [2.75, 3.05) is 6.54 Å². The highest BCUT2D eigenvalue weighted by atomic mass is 15.1. The second kappa shape index (κ2) is 7.15. The molecule has 20 heavy (non-hydrogen) atoms. The standard InChI is InChI=1S/C17H23N3/c1-4-10-18-17(16-9-11-19-20-12-16)15-7-5-14(6-8-15)13(2)3/h5-9,11-13,17-18H,4,10H2,1-3H3. The highest BCUT2D eigenvalue weighted by Crippen LogP contribution is 2.23. The van der Waals surface area contributed by atoms with Crippen LogP contribution in [0.2, 0.25) is 0 Å². The lowest BCUT2D eigenvalue weighted by Crippen LogP contribution is -2.23. The van der Waals surface area contributed by atoms with Gasteiger partial charge in [-0.05, 0) is 41.6 Å². The lowest BCUT2D eigenvalue weighted by molar-refractivity contribution is 0.595. The maximum atomic E-state index is 3.99. The van der Waals surface area contributed by atoms with Gasteiger partial charge in [-0.25, -0.2) is 0 Å². The van der Waals surface area contributed by atoms with E-state index in [1.54, 1.807) is 6.20 Å². The Morgan fingerprint density at radius 1 is 0.950 bits per heavy atom. The van der Waals surface area contributed by atoms with E-state index in [4.69, 9.17) is 0 Å². The average molecular weight is 269 g/mol. The molecular formula is C17H23N3. The van der Waals surface area contributed by atoms with Crippen molar-refractivity contribution >= 4 is 0 Å². The van der Waals surface area contributed by atoms with Crippen LogP contribution in [0.4, 0.5) is 0 Å². The Hall–Kier alpha value is -1.74. The van der Waals surface area contributed by atoms with Crippen molar-refractivity contribution in [3.05, 3.63) is 59.4 Å². The molecule has 0 radical (unpaired) electrons. The molecule has 0 saturated heterocycles. The van der Waals surface area contributed by atoms with E-state index >= 15 is 0 Å². The molecule has 2 rings (SSSR count). The molecule has 0 fully saturated rings. The molecule has 0 aliphatic carbocycles. The summed E-state index contributed by atoms with van der Waals surface area (Å²) in [5.74, 6) is 0.564. The molecule has 0 saturated carbocycles. The molecule has 2 aromatic rings. The Kier molecular flexibility index (Phi) is 5.24. The molecule has 0 aliphatic heterocycles. The zero-order valence-electron chi connectivity index (χ0n) is 12.5. The van der Waals surface area contributed by atoms with Crippen LogP contribution in [0.15, 0.2) is 42.7 Å². The van der Waals surface area contributed by atoms with Gasteiger partial charge in [0.2, 0.25) is 0 Å². The third-order valence-electron chi connectivity index (χ3n) is 3.48. The lowest BCUT2D eigenvalue weighted by Gasteiger charge is -2.19. The summed E-state index contributed by atoms with van der Waals surface area (Å²) in [4.78, 5) is 0. The van der Waals surface area contributed by atoms with Crippen molar-refractivity contribution in [3.8, 4) is 0 Å². The number of benzene rings is 1. The zero-order valence-corrected chi connectivity index (χ0v) is 12.5. The van der Waals surface area contributed by atoms with Crippen molar-refractivity contribution in [2.45, 2.75) is 39.2 Å². The van der Waals surface area contributed by atoms with Crippen LogP contribution in [-0.4, -0.2) is 16.7 Å². The summed E-state index contributed by atoms with van der Waals surface area (Å²) in [6, 6.07) is 11.1. The highest BCUT2D eigenvalue weighted by molar-refractivity contribution is 5.32. The van der Waals surface area contributed by atoms with Crippen molar-refractivity contribution < 1.29 is 0 Å². The van der Waals surface area contributed by atoms with Gasteiger partial charge < -0.3 is 5.32 Å². The smallest absolute Gasteiger partial charge is 0.0593 e. The molecular weight excluding hydrogens is 246 g/mol. The molecule has 1 atom stereocenters. The summed E-state index contributed by atoms with van der Waals surface area (Å²) in [5, 5.41) is 11.4. The summed E-state index contributed by atoms with van der Waals surface area (Å²) in [6.07, 6.45) is 4.70. The predicted octanol–water partition coefficient (Wildman–Crippen LogP) is 3.69. The van der Waals surface area contributed by atoms with Crippen LogP contribution in [0.1, 0.15) is 55.8 Å². The van der Waals surface area contributed by atoms with Gasteiger partial charge >= 0.3 is 0 Å². The Labute approximate surface area is 121 Å². The molecule has 1 heterocycles. The Morgan fingerprint density at radius 3 is 2.20 bits per heavy atom. The average Bonchev–Trinajstić information content (AvgIpc) is 2.49. The fourth-order valence-corrected chi connectivity index (χ4v) is 2.26. The summed E-state index contributed by atoms with van der Waals surface area (Å²) in [6.45, 7) is 7.60. The van der Waals surface area contributed by atoms with Gasteiger partial charge in [0.15, 0.2) is 0 Å². The number of hydrogen-bond donors (Lipinski definition) is 1. The van der Waals surface area contributed by atoms with Crippen LogP contribution in [0.5, 0.6) is 0 Å². The van der Waals surface area contributed by atoms with Gasteiger partial charge in [-0.15, -0.1) is 0 Å². The zero-order chi connectivity index (χ0) is 14.4. The highest BCUT2D eigenvalue weighted by Gasteiger charge is 2.13. The van der Waals surface area contributed by atoms with Gasteiger partial charge in [0.25, 0.3) is 0 Å². The number of hydrogen-bond acceptors (Lipinski definition) is 3. The molecule has 0 spiro atoms. The Morgan fingerprint density at radius 2 is 1.65 bits per heavy atom. The molecule has 1 N–H and O–H groups in total. The molecule has 0 amide bonds. The van der Waals surface area contributed by atoms with E-state index in [0.29, 0.717) is 5.92 Å². The third kappa shape index (κ3) is 3.64. The van der Waals surface area contributed by atoms with Crippen LogP contribution in [-0.2, 0) is 0 Å². The largest absolute Gasteiger partial charge is 0.306 e. The SMILES string of the molecule is CCCNC(c1ccc(C(C)C)cc1)c1ccnnc1. The monoisotopic (exact) mass is 269 g/mol. The molecule has 3 nitrogen and oxygen atoms in total. The minimum atomic E-state index is 0.187. The van der Waals surface area contributed by atoms with Gasteiger partial charge in [0, 0.05) is 6.20 Å². The van der Waals surface area contributed by atoms with Gasteiger partial charge in [0.05, 0.1) is 12.2 Å². The number of nitrogens with one attached hydrogen (secondary N) is 1. The second-order valence-corrected chi connectivity index (χ2v) is 5.38. The molecule has 0 aliphatic rings. The first-order valence-electron chi connectivity index (χ1n) is 7.32. The van der Waals surface area contributed by atoms with Crippen molar-refractivity contribution in [2.24, 2.45) is 0 Å². The van der Waals surface area contributed by atoms with E-state index in [0.717, 1.165) is 18.5 Å². The van der Waals surface area contributed by atoms with Crippen LogP contribution < -0.4 is 5.32 Å². The summed E-state index contributed by atoms with van der Waals surface area (Å²) >= 11 is 0. The van der Waals surface area contributed by atoms with E-state index in [1.807, 2.05) is 12.3 Å². The molecule has 3 heteroatoms. The summed E-state index contributed by atoms with van der Waals surface area (Å²) < 4.78 is 0. The fourth-order valence-electron chi connectivity index (χ4n) is 2.26. The quantitative estimate of drug-likeness (QED) is 0.869. The van der Waals surface area contributed by atoms with Crippen molar-refractivity contribution in [1.82, 2.24) is 15.5 Å². The van der Waals surface area contributed by atoms with Gasteiger partial charge in [0.1, 0.15) is 0 Å². The van der Waals surface area contributed by atoms with Gasteiger partial charge in [-0.3, -0.25) is 0 Å². The minimum Gasteiger partial charge on any atom is -0.306 e. The Balaban J connectivity index is 2.26. The van der Waals surface area contributed by atoms with Crippen LogP contribution in [0.3, 0.4) is 0 Å². The number of nitrogens with zero attached hydrogens (tertiary/aromatic N) is 2. The van der Waals surface area contributed by atoms with Crippen LogP contribution in [0, 0.1) is 0 Å². The topological polar surface area (TPSA) is 37.8 Å². The molecule has 1 aromatic carbocycles. The number of aromatic nitrogens is 2. The molecule has 106 valence electrons. The maximum absolute atomic E-state index is 3.99. The summed E-state index contributed by atoms with van der Waals surface area (Å²) in [5.41, 5.74) is 3.80. The first-order chi connectivity index (χ1) is 9.72. The molecule has 0 bridgehead atoms. The normalized spacial score (nSPS) is 12.6. The van der Waals surface area contributed by atoms with Crippen molar-refractivity contribution in [1.29, 1.82) is 0 Å². The van der Waals surface area contributed by atoms with E-state index in [2.05, 4.69) is 60.6 Å². The van der Waals surface area contributed by atoms with Crippen LogP contribution >= 0.6 is 0 Å². The van der Waals surface area contributed by atoms with E-state index in [1.165, 1.54) is 11.1 Å². The lowest BCUT2D eigenvalue weighted by atomic mass is 9.96. The predicted molar refractivity (Wildman–Crippen MR) is 82.7 cm³/mol. The van der Waals surface area contributed by atoms with Gasteiger partial charge in [-0.2, -0.15) is 10.2 Å². The number of rotatable bonds is 6. The Bertz CT molecular complexity index is 506. The first-order valence-corrected chi connectivity index (χ1v) is 7.32. The first kappa shape index (κ1) is 14.7. The molecule has 1 aromatic heterocycles.